The molecule has 1 aromatic heterocycles. The first-order chi connectivity index (χ1) is 16.3. The van der Waals surface area contributed by atoms with Crippen LogP contribution in [0.2, 0.25) is 0 Å². The number of aromatic nitrogens is 1. The molecule has 3 saturated heterocycles. The number of benzene rings is 1. The van der Waals surface area contributed by atoms with E-state index in [1.165, 1.54) is 12.1 Å². The maximum Gasteiger partial charge on any atom is 0.396 e. The SMILES string of the molecule is O=C(Nc1ccc(N2CCCCC2)c(F)c1)c1nc(N2CC3CCOC3C2)oc1CC(F)(F)F. The molecule has 0 bridgehead atoms. The molecule has 0 aliphatic carbocycles. The highest BCUT2D eigenvalue weighted by Crippen LogP contribution is 2.34. The van der Waals surface area contributed by atoms with Gasteiger partial charge in [-0.05, 0) is 43.9 Å². The van der Waals surface area contributed by atoms with Gasteiger partial charge in [-0.25, -0.2) is 4.39 Å². The number of anilines is 3. The molecule has 34 heavy (non-hydrogen) atoms. The highest BCUT2D eigenvalue weighted by Gasteiger charge is 2.41. The van der Waals surface area contributed by atoms with Crippen molar-refractivity contribution in [3.63, 3.8) is 0 Å². The molecule has 0 saturated carbocycles. The highest BCUT2D eigenvalue weighted by molar-refractivity contribution is 6.03. The lowest BCUT2D eigenvalue weighted by Crippen LogP contribution is -2.30. The predicted octanol–water partition coefficient (Wildman–Crippen LogP) is 4.39. The average molecular weight is 482 g/mol. The van der Waals surface area contributed by atoms with Gasteiger partial charge in [0.25, 0.3) is 11.9 Å². The molecule has 3 fully saturated rings. The summed E-state index contributed by atoms with van der Waals surface area (Å²) in [5, 5.41) is 2.47. The van der Waals surface area contributed by atoms with Crippen molar-refractivity contribution < 1.29 is 31.5 Å². The van der Waals surface area contributed by atoms with Crippen molar-refractivity contribution in [1.29, 1.82) is 0 Å². The Bertz CT molecular complexity index is 1040. The molecule has 2 atom stereocenters. The fourth-order valence-corrected chi connectivity index (χ4v) is 4.95. The molecule has 7 nitrogen and oxygen atoms in total. The normalized spacial score (nSPS) is 22.8. The Hall–Kier alpha value is -2.82. The second kappa shape index (κ2) is 9.09. The van der Waals surface area contributed by atoms with Crippen molar-refractivity contribution in [2.24, 2.45) is 5.92 Å². The molecule has 5 rings (SSSR count). The van der Waals surface area contributed by atoms with Crippen LogP contribution in [0.5, 0.6) is 0 Å². The van der Waals surface area contributed by atoms with Crippen LogP contribution in [-0.2, 0) is 11.2 Å². The van der Waals surface area contributed by atoms with Gasteiger partial charge in [0.2, 0.25) is 0 Å². The number of amides is 1. The van der Waals surface area contributed by atoms with Gasteiger partial charge in [0.15, 0.2) is 5.69 Å². The zero-order chi connectivity index (χ0) is 23.9. The van der Waals surface area contributed by atoms with E-state index in [-0.39, 0.29) is 23.7 Å². The first-order valence-corrected chi connectivity index (χ1v) is 11.6. The molecule has 1 aromatic carbocycles. The number of carbonyl (C=O) groups is 1. The van der Waals surface area contributed by atoms with E-state index in [9.17, 15) is 22.4 Å². The van der Waals surface area contributed by atoms with E-state index >= 15 is 0 Å². The van der Waals surface area contributed by atoms with Crippen molar-refractivity contribution in [3.8, 4) is 0 Å². The van der Waals surface area contributed by atoms with E-state index in [1.54, 1.807) is 11.0 Å². The number of nitrogens with zero attached hydrogens (tertiary/aromatic N) is 3. The number of hydrogen-bond acceptors (Lipinski definition) is 6. The number of fused-ring (bicyclic) bond motifs is 1. The van der Waals surface area contributed by atoms with Crippen molar-refractivity contribution in [2.45, 2.75) is 44.4 Å². The van der Waals surface area contributed by atoms with Crippen LogP contribution in [0, 0.1) is 11.7 Å². The van der Waals surface area contributed by atoms with Gasteiger partial charge in [-0.15, -0.1) is 0 Å². The Morgan fingerprint density at radius 1 is 1.15 bits per heavy atom. The molecule has 0 spiro atoms. The van der Waals surface area contributed by atoms with Crippen LogP contribution in [0.1, 0.15) is 41.9 Å². The number of hydrogen-bond donors (Lipinski definition) is 1. The van der Waals surface area contributed by atoms with Crippen LogP contribution in [0.15, 0.2) is 22.6 Å². The third-order valence-electron chi connectivity index (χ3n) is 6.64. The molecule has 2 aromatic rings. The minimum Gasteiger partial charge on any atom is -0.427 e. The molecule has 3 aliphatic rings. The number of carbonyl (C=O) groups excluding carboxylic acids is 1. The van der Waals surface area contributed by atoms with Crippen LogP contribution >= 0.6 is 0 Å². The number of alkyl halides is 3. The quantitative estimate of drug-likeness (QED) is 0.638. The molecule has 184 valence electrons. The summed E-state index contributed by atoms with van der Waals surface area (Å²) >= 11 is 0. The van der Waals surface area contributed by atoms with Gasteiger partial charge in [-0.3, -0.25) is 4.79 Å². The van der Waals surface area contributed by atoms with Crippen LogP contribution < -0.4 is 15.1 Å². The molecule has 4 heterocycles. The largest absolute Gasteiger partial charge is 0.427 e. The molecule has 2 unspecified atom stereocenters. The summed E-state index contributed by atoms with van der Waals surface area (Å²) in [7, 11) is 0. The Kier molecular flexibility index (Phi) is 6.13. The number of ether oxygens (including phenoxy) is 1. The first kappa shape index (κ1) is 22.9. The van der Waals surface area contributed by atoms with Crippen LogP contribution in [-0.4, -0.2) is 56.0 Å². The maximum absolute atomic E-state index is 14.7. The lowest BCUT2D eigenvalue weighted by atomic mass is 10.1. The minimum atomic E-state index is -4.58. The van der Waals surface area contributed by atoms with Crippen molar-refractivity contribution in [2.75, 3.05) is 47.9 Å². The van der Waals surface area contributed by atoms with Crippen molar-refractivity contribution in [3.05, 3.63) is 35.5 Å². The predicted molar refractivity (Wildman–Crippen MR) is 117 cm³/mol. The maximum atomic E-state index is 14.7. The highest BCUT2D eigenvalue weighted by atomic mass is 19.4. The molecular weight excluding hydrogens is 456 g/mol. The number of halogens is 4. The average Bonchev–Trinajstić information content (AvgIpc) is 3.48. The third kappa shape index (κ3) is 4.84. The van der Waals surface area contributed by atoms with Gasteiger partial charge in [0.1, 0.15) is 18.0 Å². The lowest BCUT2D eigenvalue weighted by molar-refractivity contribution is -0.130. The van der Waals surface area contributed by atoms with Gasteiger partial charge in [0, 0.05) is 44.4 Å². The van der Waals surface area contributed by atoms with E-state index in [1.807, 2.05) is 4.90 Å². The third-order valence-corrected chi connectivity index (χ3v) is 6.64. The fourth-order valence-electron chi connectivity index (χ4n) is 4.95. The smallest absolute Gasteiger partial charge is 0.396 e. The van der Waals surface area contributed by atoms with Crippen LogP contribution in [0.25, 0.3) is 0 Å². The zero-order valence-corrected chi connectivity index (χ0v) is 18.5. The van der Waals surface area contributed by atoms with Crippen molar-refractivity contribution >= 4 is 23.3 Å². The second-order valence-corrected chi connectivity index (χ2v) is 9.09. The number of nitrogens with one attached hydrogen (secondary N) is 1. The first-order valence-electron chi connectivity index (χ1n) is 11.6. The molecule has 1 amide bonds. The monoisotopic (exact) mass is 482 g/mol. The number of piperidine rings is 1. The molecule has 11 heteroatoms. The van der Waals surface area contributed by atoms with E-state index in [0.717, 1.165) is 38.8 Å². The van der Waals surface area contributed by atoms with E-state index in [0.29, 0.717) is 25.4 Å². The second-order valence-electron chi connectivity index (χ2n) is 9.09. The van der Waals surface area contributed by atoms with Crippen LogP contribution in [0.3, 0.4) is 0 Å². The summed E-state index contributed by atoms with van der Waals surface area (Å²) in [6, 6.07) is 4.25. The molecule has 0 radical (unpaired) electrons. The van der Waals surface area contributed by atoms with E-state index < -0.39 is 35.8 Å². The molecular formula is C23H26F4N4O3. The van der Waals surface area contributed by atoms with Gasteiger partial charge in [-0.2, -0.15) is 18.2 Å². The van der Waals surface area contributed by atoms with E-state index in [4.69, 9.17) is 9.15 Å². The number of oxazole rings is 1. The molecule has 1 N–H and O–H groups in total. The van der Waals surface area contributed by atoms with Gasteiger partial charge < -0.3 is 24.3 Å². The summed E-state index contributed by atoms with van der Waals surface area (Å²) in [4.78, 5) is 20.6. The minimum absolute atomic E-state index is 0.0170. The summed E-state index contributed by atoms with van der Waals surface area (Å²) in [6.07, 6.45) is -2.09. The number of rotatable bonds is 5. The Morgan fingerprint density at radius 2 is 1.94 bits per heavy atom. The summed E-state index contributed by atoms with van der Waals surface area (Å²) in [6.45, 7) is 3.17. The Morgan fingerprint density at radius 3 is 2.65 bits per heavy atom. The topological polar surface area (TPSA) is 70.8 Å². The van der Waals surface area contributed by atoms with E-state index in [2.05, 4.69) is 10.3 Å². The van der Waals surface area contributed by atoms with Gasteiger partial charge in [0.05, 0.1) is 11.8 Å². The van der Waals surface area contributed by atoms with Crippen molar-refractivity contribution in [1.82, 2.24) is 4.98 Å². The summed E-state index contributed by atoms with van der Waals surface area (Å²) in [5.74, 6) is -1.69. The Balaban J connectivity index is 1.35. The standard InChI is InChI=1S/C23H26F4N4O3/c24-16-10-15(4-5-17(16)30-7-2-1-3-8-30)28-21(32)20-18(11-23(25,26)27)34-22(29-20)31-12-14-6-9-33-19(14)13-31/h4-5,10,14,19H,1-3,6-9,11-13H2,(H,28,32). The summed E-state index contributed by atoms with van der Waals surface area (Å²) in [5.41, 5.74) is 0.127. The van der Waals surface area contributed by atoms with Gasteiger partial charge in [-0.1, -0.05) is 0 Å². The Labute approximate surface area is 194 Å². The molecule has 3 aliphatic heterocycles. The van der Waals surface area contributed by atoms with Crippen LogP contribution in [0.4, 0.5) is 35.0 Å². The zero-order valence-electron chi connectivity index (χ0n) is 18.5. The fraction of sp³-hybridized carbons (Fsp3) is 0.565. The lowest BCUT2D eigenvalue weighted by Gasteiger charge is -2.29. The summed E-state index contributed by atoms with van der Waals surface area (Å²) < 4.78 is 65.2. The van der Waals surface area contributed by atoms with Gasteiger partial charge >= 0.3 is 6.18 Å².